The zero-order valence-corrected chi connectivity index (χ0v) is 17.5. The van der Waals surface area contributed by atoms with Gasteiger partial charge in [0.05, 0.1) is 13.7 Å². The number of piperidine rings is 1. The molecule has 28 heavy (non-hydrogen) atoms. The van der Waals surface area contributed by atoms with Gasteiger partial charge in [-0.25, -0.2) is 0 Å². The lowest BCUT2D eigenvalue weighted by molar-refractivity contribution is 0.123. The third-order valence-electron chi connectivity index (χ3n) is 6.79. The molecule has 3 heterocycles. The van der Waals surface area contributed by atoms with E-state index in [0.29, 0.717) is 0 Å². The molecule has 3 fully saturated rings. The minimum atomic E-state index is 0.783. The van der Waals surface area contributed by atoms with Gasteiger partial charge in [0.25, 0.3) is 0 Å². The highest BCUT2D eigenvalue weighted by atomic mass is 16.5. The van der Waals surface area contributed by atoms with Crippen LogP contribution in [0.25, 0.3) is 0 Å². The van der Waals surface area contributed by atoms with Crippen LogP contribution in [-0.4, -0.2) is 82.5 Å². The minimum Gasteiger partial charge on any atom is -0.497 e. The van der Waals surface area contributed by atoms with Crippen molar-refractivity contribution in [2.45, 2.75) is 25.7 Å². The van der Waals surface area contributed by atoms with Crippen LogP contribution in [-0.2, 0) is 4.74 Å². The molecule has 1 aromatic carbocycles. The zero-order chi connectivity index (χ0) is 19.2. The minimum absolute atomic E-state index is 0.783. The Kier molecular flexibility index (Phi) is 7.10. The fourth-order valence-electron chi connectivity index (χ4n) is 5.01. The molecule has 5 nitrogen and oxygen atoms in total. The van der Waals surface area contributed by atoms with E-state index in [2.05, 4.69) is 39.0 Å². The first-order chi connectivity index (χ1) is 13.8. The summed E-state index contributed by atoms with van der Waals surface area (Å²) in [6.07, 6.45) is 5.25. The number of likely N-dealkylation sites (tertiary alicyclic amines) is 1. The van der Waals surface area contributed by atoms with Crippen LogP contribution < -0.4 is 9.64 Å². The smallest absolute Gasteiger partial charge is 0.119 e. The summed E-state index contributed by atoms with van der Waals surface area (Å²) in [7, 11) is 1.73. The van der Waals surface area contributed by atoms with Crippen LogP contribution in [0.3, 0.4) is 0 Å². The Hall–Kier alpha value is -1.30. The highest BCUT2D eigenvalue weighted by Crippen LogP contribution is 2.24. The molecule has 0 bridgehead atoms. The third-order valence-corrected chi connectivity index (χ3v) is 6.79. The molecule has 0 spiro atoms. The second-order valence-electron chi connectivity index (χ2n) is 8.81. The fraction of sp³-hybridized carbons (Fsp3) is 0.739. The first-order valence-corrected chi connectivity index (χ1v) is 11.2. The lowest BCUT2D eigenvalue weighted by atomic mass is 9.95. The van der Waals surface area contributed by atoms with Crippen molar-refractivity contribution in [2.24, 2.45) is 11.8 Å². The molecule has 3 aliphatic heterocycles. The zero-order valence-electron chi connectivity index (χ0n) is 17.5. The molecule has 0 saturated carbocycles. The molecule has 5 heteroatoms. The number of anilines is 1. The van der Waals surface area contributed by atoms with Gasteiger partial charge in [0.2, 0.25) is 0 Å². The van der Waals surface area contributed by atoms with E-state index in [-0.39, 0.29) is 0 Å². The van der Waals surface area contributed by atoms with Gasteiger partial charge in [0.15, 0.2) is 0 Å². The molecule has 156 valence electrons. The fourth-order valence-corrected chi connectivity index (χ4v) is 5.01. The lowest BCUT2D eigenvalue weighted by Crippen LogP contribution is -2.41. The summed E-state index contributed by atoms with van der Waals surface area (Å²) in [6, 6.07) is 8.53. The average molecular weight is 388 g/mol. The van der Waals surface area contributed by atoms with Crippen LogP contribution in [0.5, 0.6) is 5.75 Å². The molecule has 0 aromatic heterocycles. The monoisotopic (exact) mass is 387 g/mol. The van der Waals surface area contributed by atoms with E-state index < -0.39 is 0 Å². The largest absolute Gasteiger partial charge is 0.497 e. The SMILES string of the molecule is COc1ccc(N2CCCN(CC3CCN(CC4CCOC4)CC3)CC2)cc1. The van der Waals surface area contributed by atoms with Crippen molar-refractivity contribution >= 4 is 5.69 Å². The maximum Gasteiger partial charge on any atom is 0.119 e. The molecule has 0 aliphatic carbocycles. The van der Waals surface area contributed by atoms with E-state index in [1.807, 2.05) is 0 Å². The second kappa shape index (κ2) is 9.95. The van der Waals surface area contributed by atoms with Crippen LogP contribution in [0.15, 0.2) is 24.3 Å². The first-order valence-electron chi connectivity index (χ1n) is 11.2. The molecule has 1 aromatic rings. The predicted molar refractivity (Wildman–Crippen MR) is 114 cm³/mol. The van der Waals surface area contributed by atoms with E-state index in [1.165, 1.54) is 70.6 Å². The number of benzene rings is 1. The van der Waals surface area contributed by atoms with Crippen molar-refractivity contribution in [3.63, 3.8) is 0 Å². The molecule has 3 aliphatic rings. The van der Waals surface area contributed by atoms with Gasteiger partial charge in [-0.05, 0) is 81.4 Å². The maximum absolute atomic E-state index is 5.54. The summed E-state index contributed by atoms with van der Waals surface area (Å²) in [5.74, 6) is 2.60. The topological polar surface area (TPSA) is 28.2 Å². The molecule has 0 amide bonds. The van der Waals surface area contributed by atoms with Crippen LogP contribution in [0.1, 0.15) is 25.7 Å². The van der Waals surface area contributed by atoms with Crippen LogP contribution in [0, 0.1) is 11.8 Å². The first kappa shape index (κ1) is 20.0. The Labute approximate surface area is 170 Å². The van der Waals surface area contributed by atoms with Crippen molar-refractivity contribution in [3.05, 3.63) is 24.3 Å². The molecule has 0 radical (unpaired) electrons. The Morgan fingerprint density at radius 3 is 2.32 bits per heavy atom. The molecule has 1 unspecified atom stereocenters. The van der Waals surface area contributed by atoms with Crippen LogP contribution in [0.2, 0.25) is 0 Å². The highest BCUT2D eigenvalue weighted by Gasteiger charge is 2.25. The molecule has 0 N–H and O–H groups in total. The number of methoxy groups -OCH3 is 1. The van der Waals surface area contributed by atoms with E-state index in [0.717, 1.165) is 43.9 Å². The molecular weight excluding hydrogens is 350 g/mol. The number of nitrogens with zero attached hydrogens (tertiary/aromatic N) is 3. The van der Waals surface area contributed by atoms with Gasteiger partial charge in [-0.2, -0.15) is 0 Å². The van der Waals surface area contributed by atoms with Crippen molar-refractivity contribution in [1.82, 2.24) is 9.80 Å². The van der Waals surface area contributed by atoms with Gasteiger partial charge in [0.1, 0.15) is 5.75 Å². The summed E-state index contributed by atoms with van der Waals surface area (Å²) >= 11 is 0. The van der Waals surface area contributed by atoms with Crippen molar-refractivity contribution in [1.29, 1.82) is 0 Å². The number of rotatable bonds is 6. The second-order valence-corrected chi connectivity index (χ2v) is 8.81. The number of hydrogen-bond acceptors (Lipinski definition) is 5. The Balaban J connectivity index is 1.19. The van der Waals surface area contributed by atoms with Gasteiger partial charge >= 0.3 is 0 Å². The molecule has 3 saturated heterocycles. The summed E-state index contributed by atoms with van der Waals surface area (Å²) in [5.41, 5.74) is 1.33. The van der Waals surface area contributed by atoms with Gasteiger partial charge in [-0.3, -0.25) is 0 Å². The highest BCUT2D eigenvalue weighted by molar-refractivity contribution is 5.49. The normalized spacial score (nSPS) is 25.8. The third kappa shape index (κ3) is 5.40. The number of hydrogen-bond donors (Lipinski definition) is 0. The summed E-state index contributed by atoms with van der Waals surface area (Å²) in [6.45, 7) is 11.8. The molecule has 1 atom stereocenters. The maximum atomic E-state index is 5.54. The Morgan fingerprint density at radius 2 is 1.61 bits per heavy atom. The molecule has 4 rings (SSSR count). The van der Waals surface area contributed by atoms with Crippen molar-refractivity contribution < 1.29 is 9.47 Å². The lowest BCUT2D eigenvalue weighted by Gasteiger charge is -2.35. The van der Waals surface area contributed by atoms with Crippen LogP contribution >= 0.6 is 0 Å². The summed E-state index contributed by atoms with van der Waals surface area (Å²) in [5, 5.41) is 0. The van der Waals surface area contributed by atoms with Crippen LogP contribution in [0.4, 0.5) is 5.69 Å². The van der Waals surface area contributed by atoms with Crippen molar-refractivity contribution in [3.8, 4) is 5.75 Å². The summed E-state index contributed by atoms with van der Waals surface area (Å²) < 4.78 is 10.8. The predicted octanol–water partition coefficient (Wildman–Crippen LogP) is 2.96. The van der Waals surface area contributed by atoms with E-state index in [9.17, 15) is 0 Å². The quantitative estimate of drug-likeness (QED) is 0.748. The Morgan fingerprint density at radius 1 is 0.857 bits per heavy atom. The Bertz CT molecular complexity index is 580. The van der Waals surface area contributed by atoms with E-state index >= 15 is 0 Å². The van der Waals surface area contributed by atoms with Crippen molar-refractivity contribution in [2.75, 3.05) is 77.6 Å². The van der Waals surface area contributed by atoms with Gasteiger partial charge < -0.3 is 24.2 Å². The summed E-state index contributed by atoms with van der Waals surface area (Å²) in [4.78, 5) is 7.93. The molecular formula is C23H37N3O2. The standard InChI is InChI=1S/C23H37N3O2/c1-27-23-5-3-22(4-6-23)26-11-2-10-24(14-15-26)17-20-7-12-25(13-8-20)18-21-9-16-28-19-21/h3-6,20-21H,2,7-19H2,1H3. The van der Waals surface area contributed by atoms with Gasteiger partial charge in [-0.15, -0.1) is 0 Å². The average Bonchev–Trinajstić information content (AvgIpc) is 3.14. The number of ether oxygens (including phenoxy) is 2. The van der Waals surface area contributed by atoms with Gasteiger partial charge in [-0.1, -0.05) is 0 Å². The van der Waals surface area contributed by atoms with Gasteiger partial charge in [0, 0.05) is 45.0 Å². The van der Waals surface area contributed by atoms with E-state index in [4.69, 9.17) is 9.47 Å². The van der Waals surface area contributed by atoms with E-state index in [1.54, 1.807) is 7.11 Å².